The van der Waals surface area contributed by atoms with Crippen LogP contribution in [0.2, 0.25) is 0 Å². The number of nitrogens with zero attached hydrogens (tertiary/aromatic N) is 1. The van der Waals surface area contributed by atoms with Crippen molar-refractivity contribution in [2.45, 2.75) is 110 Å². The molecule has 0 amide bonds. The van der Waals surface area contributed by atoms with Gasteiger partial charge in [-0.1, -0.05) is 65.2 Å². The van der Waals surface area contributed by atoms with E-state index in [-0.39, 0.29) is 6.29 Å². The Morgan fingerprint density at radius 3 is 1.70 bits per heavy atom. The van der Waals surface area contributed by atoms with E-state index < -0.39 is 0 Å². The summed E-state index contributed by atoms with van der Waals surface area (Å²) < 4.78 is 11.9. The molecule has 0 rings (SSSR count). The van der Waals surface area contributed by atoms with E-state index in [1.54, 1.807) is 0 Å². The molecule has 136 valence electrons. The van der Waals surface area contributed by atoms with Crippen molar-refractivity contribution in [2.24, 2.45) is 0 Å². The summed E-state index contributed by atoms with van der Waals surface area (Å²) in [6.07, 6.45) is 16.1. The Hall–Kier alpha value is -0.590. The molecule has 0 bridgehead atoms. The van der Waals surface area contributed by atoms with E-state index in [1.807, 2.05) is 0 Å². The minimum Gasteiger partial charge on any atom is -0.353 e. The Kier molecular flexibility index (Phi) is 19.0. The molecule has 0 spiro atoms. The van der Waals surface area contributed by atoms with Crippen LogP contribution >= 0.6 is 0 Å². The van der Waals surface area contributed by atoms with Crippen LogP contribution in [0.3, 0.4) is 0 Å². The Morgan fingerprint density at radius 1 is 0.696 bits per heavy atom. The van der Waals surface area contributed by atoms with E-state index in [4.69, 9.17) is 14.7 Å². The Balaban J connectivity index is 3.73. The van der Waals surface area contributed by atoms with Gasteiger partial charge >= 0.3 is 0 Å². The van der Waals surface area contributed by atoms with Crippen molar-refractivity contribution in [1.29, 1.82) is 5.26 Å². The average molecular weight is 326 g/mol. The summed E-state index contributed by atoms with van der Waals surface area (Å²) in [5, 5.41) is 8.61. The highest BCUT2D eigenvalue weighted by atomic mass is 16.7. The molecular weight excluding hydrogens is 286 g/mol. The zero-order chi connectivity index (χ0) is 17.0. The highest BCUT2D eigenvalue weighted by molar-refractivity contribution is 4.68. The van der Waals surface area contributed by atoms with Crippen LogP contribution in [0.5, 0.6) is 0 Å². The van der Waals surface area contributed by atoms with E-state index in [0.717, 1.165) is 45.3 Å². The SMILES string of the molecule is CCCCCCCOC(CCCCC#N)OCCCCCCC. The van der Waals surface area contributed by atoms with Gasteiger partial charge in [0, 0.05) is 19.6 Å². The summed E-state index contributed by atoms with van der Waals surface area (Å²) >= 11 is 0. The lowest BCUT2D eigenvalue weighted by Crippen LogP contribution is -2.19. The number of ether oxygens (including phenoxy) is 2. The lowest BCUT2D eigenvalue weighted by atomic mass is 10.1. The molecule has 0 atom stereocenters. The predicted molar refractivity (Wildman–Crippen MR) is 97.3 cm³/mol. The highest BCUT2D eigenvalue weighted by Gasteiger charge is 2.09. The predicted octanol–water partition coefficient (Wildman–Crippen LogP) is 6.37. The monoisotopic (exact) mass is 325 g/mol. The van der Waals surface area contributed by atoms with Gasteiger partial charge in [-0.3, -0.25) is 0 Å². The van der Waals surface area contributed by atoms with Crippen LogP contribution < -0.4 is 0 Å². The lowest BCUT2D eigenvalue weighted by molar-refractivity contribution is -0.148. The zero-order valence-corrected chi connectivity index (χ0v) is 15.7. The number of unbranched alkanes of at least 4 members (excludes halogenated alkanes) is 10. The van der Waals surface area contributed by atoms with Crippen molar-refractivity contribution in [3.8, 4) is 6.07 Å². The van der Waals surface area contributed by atoms with Crippen molar-refractivity contribution < 1.29 is 9.47 Å². The molecule has 0 aliphatic heterocycles. The maximum absolute atomic E-state index is 8.61. The van der Waals surface area contributed by atoms with Gasteiger partial charge in [0.05, 0.1) is 6.07 Å². The third kappa shape index (κ3) is 17.6. The molecule has 0 saturated heterocycles. The summed E-state index contributed by atoms with van der Waals surface area (Å²) in [7, 11) is 0. The fourth-order valence-electron chi connectivity index (χ4n) is 2.57. The molecule has 0 heterocycles. The molecule has 3 heteroatoms. The molecule has 0 saturated carbocycles. The maximum Gasteiger partial charge on any atom is 0.157 e. The molecule has 0 aliphatic carbocycles. The van der Waals surface area contributed by atoms with Gasteiger partial charge < -0.3 is 9.47 Å². The Labute approximate surface area is 144 Å². The van der Waals surface area contributed by atoms with Crippen LogP contribution in [0.1, 0.15) is 104 Å². The minimum absolute atomic E-state index is 0.0638. The van der Waals surface area contributed by atoms with Gasteiger partial charge in [0.25, 0.3) is 0 Å². The van der Waals surface area contributed by atoms with Crippen molar-refractivity contribution in [3.63, 3.8) is 0 Å². The van der Waals surface area contributed by atoms with Gasteiger partial charge in [-0.05, 0) is 32.1 Å². The van der Waals surface area contributed by atoms with Gasteiger partial charge in [0.15, 0.2) is 6.29 Å². The third-order valence-electron chi connectivity index (χ3n) is 4.08. The molecule has 0 radical (unpaired) electrons. The molecule has 0 aromatic rings. The molecule has 0 aliphatic rings. The van der Waals surface area contributed by atoms with E-state index in [9.17, 15) is 0 Å². The Morgan fingerprint density at radius 2 is 1.22 bits per heavy atom. The van der Waals surface area contributed by atoms with Gasteiger partial charge in [0.2, 0.25) is 0 Å². The van der Waals surface area contributed by atoms with Crippen LogP contribution in [-0.2, 0) is 9.47 Å². The maximum atomic E-state index is 8.61. The van der Waals surface area contributed by atoms with Crippen molar-refractivity contribution in [3.05, 3.63) is 0 Å². The number of hydrogen-bond donors (Lipinski definition) is 0. The number of nitriles is 1. The van der Waals surface area contributed by atoms with Gasteiger partial charge in [-0.2, -0.15) is 5.26 Å². The quantitative estimate of drug-likeness (QED) is 0.217. The van der Waals surface area contributed by atoms with Crippen LogP contribution in [0.25, 0.3) is 0 Å². The minimum atomic E-state index is -0.0638. The molecule has 0 fully saturated rings. The highest BCUT2D eigenvalue weighted by Crippen LogP contribution is 2.12. The van der Waals surface area contributed by atoms with Crippen molar-refractivity contribution in [1.82, 2.24) is 0 Å². The second kappa shape index (κ2) is 19.5. The first-order chi connectivity index (χ1) is 11.3. The molecule has 23 heavy (non-hydrogen) atoms. The summed E-state index contributed by atoms with van der Waals surface area (Å²) in [5.41, 5.74) is 0. The van der Waals surface area contributed by atoms with Crippen molar-refractivity contribution in [2.75, 3.05) is 13.2 Å². The molecule has 0 unspecified atom stereocenters. The summed E-state index contributed by atoms with van der Waals surface area (Å²) in [6, 6.07) is 2.20. The van der Waals surface area contributed by atoms with Gasteiger partial charge in [0.1, 0.15) is 0 Å². The smallest absolute Gasteiger partial charge is 0.157 e. The fourth-order valence-corrected chi connectivity index (χ4v) is 2.57. The first kappa shape index (κ1) is 22.4. The second-order valence-corrected chi connectivity index (χ2v) is 6.40. The van der Waals surface area contributed by atoms with Crippen LogP contribution in [0.15, 0.2) is 0 Å². The van der Waals surface area contributed by atoms with Crippen LogP contribution in [0.4, 0.5) is 0 Å². The average Bonchev–Trinajstić information content (AvgIpc) is 2.57. The normalized spacial score (nSPS) is 11.0. The lowest BCUT2D eigenvalue weighted by Gasteiger charge is -2.18. The number of hydrogen-bond acceptors (Lipinski definition) is 3. The fraction of sp³-hybridized carbons (Fsp3) is 0.950. The zero-order valence-electron chi connectivity index (χ0n) is 15.7. The summed E-state index contributed by atoms with van der Waals surface area (Å²) in [6.45, 7) is 6.09. The molecule has 3 nitrogen and oxygen atoms in total. The van der Waals surface area contributed by atoms with E-state index in [0.29, 0.717) is 6.42 Å². The summed E-state index contributed by atoms with van der Waals surface area (Å²) in [5.74, 6) is 0. The third-order valence-corrected chi connectivity index (χ3v) is 4.08. The van der Waals surface area contributed by atoms with E-state index >= 15 is 0 Å². The first-order valence-corrected chi connectivity index (χ1v) is 9.95. The topological polar surface area (TPSA) is 42.2 Å². The second-order valence-electron chi connectivity index (χ2n) is 6.40. The Bertz CT molecular complexity index is 247. The molecule has 0 aromatic carbocycles. The van der Waals surface area contributed by atoms with Crippen molar-refractivity contribution >= 4 is 0 Å². The standard InChI is InChI=1S/C20H39NO2/c1-3-5-7-9-14-18-22-20(16-12-11-13-17-21)23-19-15-10-8-6-4-2/h20H,3-16,18-19H2,1-2H3. The molecule has 0 aromatic heterocycles. The largest absolute Gasteiger partial charge is 0.353 e. The number of rotatable bonds is 18. The first-order valence-electron chi connectivity index (χ1n) is 9.95. The van der Waals surface area contributed by atoms with E-state index in [1.165, 1.54) is 51.4 Å². The summed E-state index contributed by atoms with van der Waals surface area (Å²) in [4.78, 5) is 0. The van der Waals surface area contributed by atoms with Gasteiger partial charge in [-0.15, -0.1) is 0 Å². The van der Waals surface area contributed by atoms with Gasteiger partial charge in [-0.25, -0.2) is 0 Å². The van der Waals surface area contributed by atoms with Crippen LogP contribution in [-0.4, -0.2) is 19.5 Å². The van der Waals surface area contributed by atoms with Crippen LogP contribution in [0, 0.1) is 11.3 Å². The van der Waals surface area contributed by atoms with E-state index in [2.05, 4.69) is 19.9 Å². The molecule has 0 N–H and O–H groups in total. The molecular formula is C20H39NO2.